The monoisotopic (exact) mass is 291 g/mol. The van der Waals surface area contributed by atoms with Gasteiger partial charge in [0.15, 0.2) is 0 Å². The molecule has 3 rings (SSSR count). The maximum Gasteiger partial charge on any atom is 0.123 e. The van der Waals surface area contributed by atoms with Gasteiger partial charge in [0.1, 0.15) is 17.7 Å². The third-order valence-corrected chi connectivity index (χ3v) is 5.04. The molecule has 0 aromatic heterocycles. The van der Waals surface area contributed by atoms with Crippen molar-refractivity contribution in [3.8, 4) is 5.75 Å². The Kier molecular flexibility index (Phi) is 4.79. The SMILES string of the molecule is C[C@H](NCC1Cc2cc(F)ccc2O1)C1CCCCCC1. The Morgan fingerprint density at radius 1 is 1.24 bits per heavy atom. The topological polar surface area (TPSA) is 21.3 Å². The fraction of sp³-hybridized carbons (Fsp3) is 0.667. The van der Waals surface area contributed by atoms with Crippen molar-refractivity contribution in [3.63, 3.8) is 0 Å². The molecule has 116 valence electrons. The van der Waals surface area contributed by atoms with Gasteiger partial charge in [0, 0.05) is 24.6 Å². The summed E-state index contributed by atoms with van der Waals surface area (Å²) < 4.78 is 19.1. The summed E-state index contributed by atoms with van der Waals surface area (Å²) in [6.45, 7) is 3.16. The van der Waals surface area contributed by atoms with Crippen LogP contribution in [0.3, 0.4) is 0 Å². The third kappa shape index (κ3) is 3.76. The Bertz CT molecular complexity index is 468. The summed E-state index contributed by atoms with van der Waals surface area (Å²) >= 11 is 0. The van der Waals surface area contributed by atoms with Crippen LogP contribution < -0.4 is 10.1 Å². The van der Waals surface area contributed by atoms with Gasteiger partial charge in [-0.15, -0.1) is 0 Å². The van der Waals surface area contributed by atoms with Gasteiger partial charge in [-0.2, -0.15) is 0 Å². The molecular weight excluding hydrogens is 265 g/mol. The third-order valence-electron chi connectivity index (χ3n) is 5.04. The Labute approximate surface area is 127 Å². The van der Waals surface area contributed by atoms with E-state index < -0.39 is 0 Å². The van der Waals surface area contributed by atoms with Gasteiger partial charge in [-0.1, -0.05) is 25.7 Å². The quantitative estimate of drug-likeness (QED) is 0.844. The summed E-state index contributed by atoms with van der Waals surface area (Å²) in [6, 6.07) is 5.37. The second-order valence-corrected chi connectivity index (χ2v) is 6.64. The molecular formula is C18H26FNO. The van der Waals surface area contributed by atoms with E-state index in [9.17, 15) is 4.39 Å². The van der Waals surface area contributed by atoms with E-state index in [0.29, 0.717) is 6.04 Å². The van der Waals surface area contributed by atoms with Crippen LogP contribution in [-0.4, -0.2) is 18.7 Å². The number of ether oxygens (including phenoxy) is 1. The van der Waals surface area contributed by atoms with Gasteiger partial charge in [-0.05, 0) is 43.9 Å². The van der Waals surface area contributed by atoms with Gasteiger partial charge in [0.25, 0.3) is 0 Å². The summed E-state index contributed by atoms with van der Waals surface area (Å²) in [6.07, 6.45) is 9.22. The molecule has 1 aliphatic carbocycles. The van der Waals surface area contributed by atoms with E-state index in [0.717, 1.165) is 30.2 Å². The molecule has 0 spiro atoms. The molecule has 1 heterocycles. The zero-order valence-corrected chi connectivity index (χ0v) is 12.9. The number of nitrogens with one attached hydrogen (secondary N) is 1. The minimum absolute atomic E-state index is 0.148. The van der Waals surface area contributed by atoms with Crippen molar-refractivity contribution in [1.82, 2.24) is 5.32 Å². The number of rotatable bonds is 4. The first-order chi connectivity index (χ1) is 10.2. The molecule has 1 aromatic carbocycles. The fourth-order valence-electron chi connectivity index (χ4n) is 3.70. The van der Waals surface area contributed by atoms with Crippen LogP contribution in [0.2, 0.25) is 0 Å². The lowest BCUT2D eigenvalue weighted by molar-refractivity contribution is 0.211. The normalized spacial score (nSPS) is 24.2. The predicted octanol–water partition coefficient (Wildman–Crippen LogP) is 4.08. The minimum atomic E-state index is -0.169. The Hall–Kier alpha value is -1.09. The summed E-state index contributed by atoms with van der Waals surface area (Å²) in [7, 11) is 0. The van der Waals surface area contributed by atoms with Gasteiger partial charge in [0.2, 0.25) is 0 Å². The van der Waals surface area contributed by atoms with Gasteiger partial charge in [0.05, 0.1) is 0 Å². The minimum Gasteiger partial charge on any atom is -0.488 e. The number of benzene rings is 1. The molecule has 1 N–H and O–H groups in total. The van der Waals surface area contributed by atoms with Crippen LogP contribution in [0.25, 0.3) is 0 Å². The maximum atomic E-state index is 13.2. The number of hydrogen-bond acceptors (Lipinski definition) is 2. The second-order valence-electron chi connectivity index (χ2n) is 6.64. The van der Waals surface area contributed by atoms with Crippen LogP contribution in [0.15, 0.2) is 18.2 Å². The van der Waals surface area contributed by atoms with Crippen molar-refractivity contribution < 1.29 is 9.13 Å². The van der Waals surface area contributed by atoms with E-state index in [1.54, 1.807) is 12.1 Å². The zero-order chi connectivity index (χ0) is 14.7. The van der Waals surface area contributed by atoms with Crippen LogP contribution in [0.5, 0.6) is 5.75 Å². The lowest BCUT2D eigenvalue weighted by atomic mass is 9.93. The molecule has 2 atom stereocenters. The van der Waals surface area contributed by atoms with Crippen molar-refractivity contribution in [2.75, 3.05) is 6.54 Å². The van der Waals surface area contributed by atoms with Crippen LogP contribution >= 0.6 is 0 Å². The van der Waals surface area contributed by atoms with Crippen molar-refractivity contribution in [1.29, 1.82) is 0 Å². The first kappa shape index (κ1) is 14.8. The number of halogens is 1. The standard InChI is InChI=1S/C18H26FNO/c1-13(14-6-4-2-3-5-7-14)20-12-17-11-15-10-16(19)8-9-18(15)21-17/h8-10,13-14,17,20H,2-7,11-12H2,1H3/t13-,17?/m0/s1. The summed E-state index contributed by atoms with van der Waals surface area (Å²) in [5, 5.41) is 3.65. The highest BCUT2D eigenvalue weighted by Crippen LogP contribution is 2.29. The Morgan fingerprint density at radius 3 is 2.76 bits per heavy atom. The lowest BCUT2D eigenvalue weighted by Crippen LogP contribution is -2.39. The van der Waals surface area contributed by atoms with E-state index in [-0.39, 0.29) is 11.9 Å². The summed E-state index contributed by atoms with van der Waals surface area (Å²) in [5.74, 6) is 1.48. The van der Waals surface area contributed by atoms with Crippen molar-refractivity contribution >= 4 is 0 Å². The molecule has 2 nitrogen and oxygen atoms in total. The van der Waals surface area contributed by atoms with Gasteiger partial charge in [-0.25, -0.2) is 4.39 Å². The molecule has 2 aliphatic rings. The van der Waals surface area contributed by atoms with E-state index in [4.69, 9.17) is 4.74 Å². The largest absolute Gasteiger partial charge is 0.488 e. The molecule has 0 saturated heterocycles. The molecule has 0 radical (unpaired) electrons. The van der Waals surface area contributed by atoms with Crippen LogP contribution in [0, 0.1) is 11.7 Å². The second kappa shape index (κ2) is 6.78. The summed E-state index contributed by atoms with van der Waals surface area (Å²) in [5.41, 5.74) is 1.00. The molecule has 0 amide bonds. The lowest BCUT2D eigenvalue weighted by Gasteiger charge is -2.25. The smallest absolute Gasteiger partial charge is 0.123 e. The van der Waals surface area contributed by atoms with Crippen LogP contribution in [0.4, 0.5) is 4.39 Å². The highest BCUT2D eigenvalue weighted by atomic mass is 19.1. The van der Waals surface area contributed by atoms with Crippen molar-refractivity contribution in [2.45, 2.75) is 64.0 Å². The average Bonchev–Trinajstić information content (AvgIpc) is 2.69. The zero-order valence-electron chi connectivity index (χ0n) is 12.9. The van der Waals surface area contributed by atoms with Crippen molar-refractivity contribution in [2.24, 2.45) is 5.92 Å². The molecule has 1 aromatic rings. The molecule has 1 unspecified atom stereocenters. The maximum absolute atomic E-state index is 13.2. The number of hydrogen-bond donors (Lipinski definition) is 1. The highest BCUT2D eigenvalue weighted by Gasteiger charge is 2.25. The Morgan fingerprint density at radius 2 is 2.00 bits per heavy atom. The molecule has 1 aliphatic heterocycles. The van der Waals surface area contributed by atoms with E-state index >= 15 is 0 Å². The first-order valence-corrected chi connectivity index (χ1v) is 8.41. The van der Waals surface area contributed by atoms with Gasteiger partial charge in [-0.3, -0.25) is 0 Å². The molecule has 3 heteroatoms. The Balaban J connectivity index is 1.48. The average molecular weight is 291 g/mol. The summed E-state index contributed by atoms with van der Waals surface area (Å²) in [4.78, 5) is 0. The first-order valence-electron chi connectivity index (χ1n) is 8.41. The predicted molar refractivity (Wildman–Crippen MR) is 83.2 cm³/mol. The van der Waals surface area contributed by atoms with Crippen LogP contribution in [0.1, 0.15) is 51.0 Å². The van der Waals surface area contributed by atoms with Crippen LogP contribution in [-0.2, 0) is 6.42 Å². The fourth-order valence-corrected chi connectivity index (χ4v) is 3.70. The highest BCUT2D eigenvalue weighted by molar-refractivity contribution is 5.37. The van der Waals surface area contributed by atoms with E-state index in [1.165, 1.54) is 44.6 Å². The van der Waals surface area contributed by atoms with E-state index in [2.05, 4.69) is 12.2 Å². The molecule has 1 fully saturated rings. The van der Waals surface area contributed by atoms with Crippen molar-refractivity contribution in [3.05, 3.63) is 29.6 Å². The van der Waals surface area contributed by atoms with Gasteiger partial charge >= 0.3 is 0 Å². The van der Waals surface area contributed by atoms with E-state index in [1.807, 2.05) is 0 Å². The number of fused-ring (bicyclic) bond motifs is 1. The molecule has 1 saturated carbocycles. The molecule has 0 bridgehead atoms. The van der Waals surface area contributed by atoms with Gasteiger partial charge < -0.3 is 10.1 Å². The molecule has 21 heavy (non-hydrogen) atoms.